The summed E-state index contributed by atoms with van der Waals surface area (Å²) in [4.78, 5) is 28.3. The monoisotopic (exact) mass is 434 g/mol. The van der Waals surface area contributed by atoms with E-state index in [9.17, 15) is 9.18 Å². The summed E-state index contributed by atoms with van der Waals surface area (Å²) in [7, 11) is 0. The summed E-state index contributed by atoms with van der Waals surface area (Å²) in [5.74, 6) is -0.133. The first-order valence-corrected chi connectivity index (χ1v) is 10.7. The summed E-state index contributed by atoms with van der Waals surface area (Å²) in [6.45, 7) is 6.78. The minimum Gasteiger partial charge on any atom is -0.324 e. The van der Waals surface area contributed by atoms with E-state index in [-0.39, 0.29) is 24.2 Å². The van der Waals surface area contributed by atoms with E-state index in [4.69, 9.17) is 4.98 Å². The van der Waals surface area contributed by atoms with E-state index >= 15 is 0 Å². The fourth-order valence-electron chi connectivity index (χ4n) is 4.14. The average Bonchev–Trinajstić information content (AvgIpc) is 3.16. The van der Waals surface area contributed by atoms with Crippen LogP contribution in [0.3, 0.4) is 0 Å². The van der Waals surface area contributed by atoms with E-state index in [0.717, 1.165) is 47.8 Å². The normalized spacial score (nSPS) is 16.2. The summed E-state index contributed by atoms with van der Waals surface area (Å²) in [5.41, 5.74) is 4.62. The minimum absolute atomic E-state index is 0.0157. The third kappa shape index (κ3) is 5.26. The second-order valence-electron chi connectivity index (χ2n) is 8.18. The first kappa shape index (κ1) is 21.8. The van der Waals surface area contributed by atoms with Crippen LogP contribution in [0.5, 0.6) is 0 Å². The number of aromatic nitrogens is 3. The molecule has 1 atom stereocenters. The molecule has 7 nitrogen and oxygen atoms in total. The van der Waals surface area contributed by atoms with Gasteiger partial charge in [-0.2, -0.15) is 0 Å². The number of likely N-dealkylation sites (tertiary alicyclic amines) is 1. The van der Waals surface area contributed by atoms with E-state index in [1.165, 1.54) is 6.07 Å². The standard InChI is InChI=1S/C24H27FN6O/c1-15-11-16(2)28-24(27-15)29-18-12-17(3)26-21(13-18)22-9-6-10-31(22)14-23(32)30-20-8-5-4-7-19(20)25/h4-5,7-8,11-13,22H,6,9-10,14H2,1-3H3,(H,30,32)(H,26,27,28,29)/t22-/m1/s1. The number of halogens is 1. The van der Waals surface area contributed by atoms with E-state index < -0.39 is 5.82 Å². The molecule has 1 aromatic carbocycles. The number of nitrogens with zero attached hydrogens (tertiary/aromatic N) is 4. The van der Waals surface area contributed by atoms with Gasteiger partial charge in [0, 0.05) is 22.8 Å². The van der Waals surface area contributed by atoms with Gasteiger partial charge in [-0.25, -0.2) is 14.4 Å². The van der Waals surface area contributed by atoms with Crippen molar-refractivity contribution in [3.8, 4) is 0 Å². The molecule has 0 spiro atoms. The van der Waals surface area contributed by atoms with Gasteiger partial charge in [0.05, 0.1) is 24.0 Å². The van der Waals surface area contributed by atoms with Gasteiger partial charge in [0.25, 0.3) is 0 Å². The van der Waals surface area contributed by atoms with Crippen molar-refractivity contribution in [3.05, 3.63) is 71.1 Å². The molecular weight excluding hydrogens is 407 g/mol. The number of carbonyl (C=O) groups excluding carboxylic acids is 1. The summed E-state index contributed by atoms with van der Waals surface area (Å²) >= 11 is 0. The zero-order valence-corrected chi connectivity index (χ0v) is 18.5. The van der Waals surface area contributed by atoms with E-state index in [1.807, 2.05) is 39.0 Å². The molecule has 3 heterocycles. The molecule has 1 fully saturated rings. The van der Waals surface area contributed by atoms with Crippen LogP contribution in [0.15, 0.2) is 42.5 Å². The van der Waals surface area contributed by atoms with Gasteiger partial charge in [0.1, 0.15) is 5.82 Å². The summed E-state index contributed by atoms with van der Waals surface area (Å²) in [6.07, 6.45) is 1.87. The molecule has 1 saturated heterocycles. The molecule has 0 radical (unpaired) electrons. The van der Waals surface area contributed by atoms with Gasteiger partial charge >= 0.3 is 0 Å². The molecule has 32 heavy (non-hydrogen) atoms. The van der Waals surface area contributed by atoms with Crippen molar-refractivity contribution in [2.75, 3.05) is 23.7 Å². The highest BCUT2D eigenvalue weighted by Gasteiger charge is 2.29. The van der Waals surface area contributed by atoms with Crippen molar-refractivity contribution < 1.29 is 9.18 Å². The number of hydrogen-bond donors (Lipinski definition) is 2. The number of rotatable bonds is 6. The van der Waals surface area contributed by atoms with Crippen molar-refractivity contribution in [2.24, 2.45) is 0 Å². The number of hydrogen-bond acceptors (Lipinski definition) is 6. The highest BCUT2D eigenvalue weighted by atomic mass is 19.1. The van der Waals surface area contributed by atoms with Crippen LogP contribution in [-0.2, 0) is 4.79 Å². The Morgan fingerprint density at radius 2 is 1.78 bits per heavy atom. The van der Waals surface area contributed by atoms with E-state index in [2.05, 4.69) is 25.5 Å². The smallest absolute Gasteiger partial charge is 0.238 e. The van der Waals surface area contributed by atoms with Gasteiger partial charge in [0.2, 0.25) is 11.9 Å². The number of nitrogens with one attached hydrogen (secondary N) is 2. The Bertz CT molecular complexity index is 1110. The molecule has 1 aliphatic rings. The topological polar surface area (TPSA) is 83.0 Å². The molecule has 1 amide bonds. The number of para-hydroxylation sites is 1. The predicted molar refractivity (Wildman–Crippen MR) is 122 cm³/mol. The molecule has 1 aliphatic heterocycles. The quantitative estimate of drug-likeness (QED) is 0.596. The largest absolute Gasteiger partial charge is 0.324 e. The lowest BCUT2D eigenvalue weighted by Gasteiger charge is -2.24. The van der Waals surface area contributed by atoms with Crippen LogP contribution in [0.25, 0.3) is 0 Å². The van der Waals surface area contributed by atoms with Gasteiger partial charge in [0.15, 0.2) is 0 Å². The molecule has 2 N–H and O–H groups in total. The summed E-state index contributed by atoms with van der Waals surface area (Å²) < 4.78 is 13.9. The maximum atomic E-state index is 13.9. The number of anilines is 3. The van der Waals surface area contributed by atoms with Crippen LogP contribution in [0.1, 0.15) is 41.7 Å². The number of benzene rings is 1. The Balaban J connectivity index is 1.49. The maximum absolute atomic E-state index is 13.9. The van der Waals surface area contributed by atoms with Gasteiger partial charge in [-0.15, -0.1) is 0 Å². The Kier molecular flexibility index (Phi) is 6.41. The lowest BCUT2D eigenvalue weighted by Crippen LogP contribution is -2.33. The van der Waals surface area contributed by atoms with Crippen LogP contribution in [0.4, 0.5) is 21.7 Å². The third-order valence-electron chi connectivity index (χ3n) is 5.41. The molecule has 3 aromatic rings. The lowest BCUT2D eigenvalue weighted by molar-refractivity contribution is -0.117. The van der Waals surface area contributed by atoms with Crippen molar-refractivity contribution in [3.63, 3.8) is 0 Å². The SMILES string of the molecule is Cc1cc(Nc2nc(C)cc(C)n2)cc([C@H]2CCCN2CC(=O)Nc2ccccc2F)n1. The molecule has 0 bridgehead atoms. The molecule has 2 aromatic heterocycles. The molecule has 166 valence electrons. The van der Waals surface area contributed by atoms with Gasteiger partial charge in [-0.1, -0.05) is 12.1 Å². The van der Waals surface area contributed by atoms with E-state index in [0.29, 0.717) is 5.95 Å². The molecule has 0 aliphatic carbocycles. The van der Waals surface area contributed by atoms with Gasteiger partial charge < -0.3 is 10.6 Å². The maximum Gasteiger partial charge on any atom is 0.238 e. The first-order chi connectivity index (χ1) is 15.4. The fraction of sp³-hybridized carbons (Fsp3) is 0.333. The molecule has 0 saturated carbocycles. The molecule has 4 rings (SSSR count). The second-order valence-corrected chi connectivity index (χ2v) is 8.18. The fourth-order valence-corrected chi connectivity index (χ4v) is 4.14. The van der Waals surface area contributed by atoms with Crippen molar-refractivity contribution in [1.29, 1.82) is 0 Å². The Labute approximate surface area is 187 Å². The lowest BCUT2D eigenvalue weighted by atomic mass is 10.1. The minimum atomic E-state index is -0.441. The van der Waals surface area contributed by atoms with Crippen LogP contribution < -0.4 is 10.6 Å². The Hall–Kier alpha value is -3.39. The van der Waals surface area contributed by atoms with Crippen LogP contribution >= 0.6 is 0 Å². The van der Waals surface area contributed by atoms with Crippen LogP contribution in [0.2, 0.25) is 0 Å². The molecule has 0 unspecified atom stereocenters. The Morgan fingerprint density at radius 1 is 1.06 bits per heavy atom. The number of aryl methyl sites for hydroxylation is 3. The second kappa shape index (κ2) is 9.40. The van der Waals surface area contributed by atoms with Crippen molar-refractivity contribution >= 4 is 23.2 Å². The highest BCUT2D eigenvalue weighted by Crippen LogP contribution is 2.32. The zero-order valence-electron chi connectivity index (χ0n) is 18.5. The van der Waals surface area contributed by atoms with Gasteiger partial charge in [-0.05, 0) is 70.5 Å². The molecular formula is C24H27FN6O. The predicted octanol–water partition coefficient (Wildman–Crippen LogP) is 4.46. The average molecular weight is 435 g/mol. The van der Waals surface area contributed by atoms with E-state index in [1.54, 1.807) is 18.2 Å². The van der Waals surface area contributed by atoms with Gasteiger partial charge in [-0.3, -0.25) is 14.7 Å². The van der Waals surface area contributed by atoms with Crippen molar-refractivity contribution in [1.82, 2.24) is 19.9 Å². The van der Waals surface area contributed by atoms with Crippen LogP contribution in [-0.4, -0.2) is 38.8 Å². The highest BCUT2D eigenvalue weighted by molar-refractivity contribution is 5.92. The van der Waals surface area contributed by atoms with Crippen molar-refractivity contribution in [2.45, 2.75) is 39.7 Å². The number of pyridine rings is 1. The molecule has 8 heteroatoms. The first-order valence-electron chi connectivity index (χ1n) is 10.7. The third-order valence-corrected chi connectivity index (χ3v) is 5.41. The number of carbonyl (C=O) groups is 1. The Morgan fingerprint density at radius 3 is 2.53 bits per heavy atom. The van der Waals surface area contributed by atoms with Crippen LogP contribution in [0, 0.1) is 26.6 Å². The zero-order chi connectivity index (χ0) is 22.7. The summed E-state index contributed by atoms with van der Waals surface area (Å²) in [5, 5.41) is 5.95. The number of amides is 1. The summed E-state index contributed by atoms with van der Waals surface area (Å²) in [6, 6.07) is 12.1.